The van der Waals surface area contributed by atoms with Crippen LogP contribution in [0.1, 0.15) is 13.3 Å². The highest BCUT2D eigenvalue weighted by molar-refractivity contribution is 5.86. The van der Waals surface area contributed by atoms with E-state index in [1.54, 1.807) is 0 Å². The van der Waals surface area contributed by atoms with Crippen molar-refractivity contribution in [2.45, 2.75) is 26.5 Å². The molecule has 0 fully saturated rings. The number of nitrogens with zero attached hydrogens (tertiary/aromatic N) is 3. The Balaban J connectivity index is 2.58. The number of hydrogen-bond donors (Lipinski definition) is 0. The molecule has 0 bridgehead atoms. The molecule has 0 atom stereocenters. The first kappa shape index (κ1) is 13.2. The Bertz CT molecular complexity index is 612. The number of non-ortho nitro benzene ring substituents is 1. The standard InChI is InChI=1S/C11H11F2N3O3/c1-2-5-15-9-4-3-7(16(17)18)6-8(9)10(14-15)19-11(12)13/h3-4,6,11H,2,5H2,1H3. The summed E-state index contributed by atoms with van der Waals surface area (Å²) in [5.41, 5.74) is 0.339. The maximum absolute atomic E-state index is 12.3. The summed E-state index contributed by atoms with van der Waals surface area (Å²) in [5, 5.41) is 14.8. The van der Waals surface area contributed by atoms with Gasteiger partial charge < -0.3 is 4.74 Å². The highest BCUT2D eigenvalue weighted by Crippen LogP contribution is 2.29. The molecule has 0 aliphatic heterocycles. The van der Waals surface area contributed by atoms with Gasteiger partial charge in [-0.25, -0.2) is 0 Å². The van der Waals surface area contributed by atoms with E-state index in [1.807, 2.05) is 6.92 Å². The third kappa shape index (κ3) is 2.61. The lowest BCUT2D eigenvalue weighted by Crippen LogP contribution is -2.04. The van der Waals surface area contributed by atoms with Gasteiger partial charge in [-0.15, -0.1) is 5.10 Å². The molecule has 102 valence electrons. The van der Waals surface area contributed by atoms with E-state index in [0.29, 0.717) is 12.1 Å². The lowest BCUT2D eigenvalue weighted by molar-refractivity contribution is -0.384. The van der Waals surface area contributed by atoms with E-state index >= 15 is 0 Å². The Kier molecular flexibility index (Phi) is 3.59. The summed E-state index contributed by atoms with van der Waals surface area (Å²) in [7, 11) is 0. The van der Waals surface area contributed by atoms with Crippen molar-refractivity contribution in [3.8, 4) is 5.88 Å². The van der Waals surface area contributed by atoms with Crippen molar-refractivity contribution in [1.29, 1.82) is 0 Å². The highest BCUT2D eigenvalue weighted by Gasteiger charge is 2.18. The zero-order chi connectivity index (χ0) is 14.0. The average molecular weight is 271 g/mol. The first-order chi connectivity index (χ1) is 9.02. The highest BCUT2D eigenvalue weighted by atomic mass is 19.3. The maximum Gasteiger partial charge on any atom is 0.388 e. The topological polar surface area (TPSA) is 70.2 Å². The van der Waals surface area contributed by atoms with Crippen LogP contribution in [0.4, 0.5) is 14.5 Å². The molecule has 8 heteroatoms. The van der Waals surface area contributed by atoms with Gasteiger partial charge in [-0.3, -0.25) is 14.8 Å². The number of aryl methyl sites for hydroxylation is 1. The normalized spacial score (nSPS) is 11.2. The number of fused-ring (bicyclic) bond motifs is 1. The van der Waals surface area contributed by atoms with Crippen LogP contribution in [0.3, 0.4) is 0 Å². The molecule has 0 saturated carbocycles. The monoisotopic (exact) mass is 271 g/mol. The van der Waals surface area contributed by atoms with Gasteiger partial charge in [-0.1, -0.05) is 6.92 Å². The quantitative estimate of drug-likeness (QED) is 0.619. The zero-order valence-electron chi connectivity index (χ0n) is 10.0. The molecule has 2 aromatic rings. The molecule has 0 aliphatic rings. The van der Waals surface area contributed by atoms with Crippen molar-refractivity contribution < 1.29 is 18.4 Å². The number of nitro benzene ring substituents is 1. The van der Waals surface area contributed by atoms with Crippen LogP contribution >= 0.6 is 0 Å². The number of hydrogen-bond acceptors (Lipinski definition) is 4. The SMILES string of the molecule is CCCn1nc(OC(F)F)c2cc([N+](=O)[O-])ccc21. The van der Waals surface area contributed by atoms with E-state index in [2.05, 4.69) is 9.84 Å². The van der Waals surface area contributed by atoms with Gasteiger partial charge in [0.05, 0.1) is 15.8 Å². The summed E-state index contributed by atoms with van der Waals surface area (Å²) in [6, 6.07) is 3.98. The van der Waals surface area contributed by atoms with Crippen LogP contribution in [0.25, 0.3) is 10.9 Å². The summed E-state index contributed by atoms with van der Waals surface area (Å²) in [6.07, 6.45) is 0.752. The first-order valence-electron chi connectivity index (χ1n) is 5.62. The largest absolute Gasteiger partial charge is 0.415 e. The Morgan fingerprint density at radius 1 is 1.53 bits per heavy atom. The van der Waals surface area contributed by atoms with Crippen molar-refractivity contribution in [2.24, 2.45) is 0 Å². The predicted molar refractivity (Wildman–Crippen MR) is 63.3 cm³/mol. The van der Waals surface area contributed by atoms with E-state index in [1.165, 1.54) is 22.9 Å². The molecule has 19 heavy (non-hydrogen) atoms. The van der Waals surface area contributed by atoms with Gasteiger partial charge in [-0.2, -0.15) is 8.78 Å². The molecular weight excluding hydrogens is 260 g/mol. The van der Waals surface area contributed by atoms with Crippen molar-refractivity contribution in [3.05, 3.63) is 28.3 Å². The van der Waals surface area contributed by atoms with Crippen LogP contribution in [0, 0.1) is 10.1 Å². The summed E-state index contributed by atoms with van der Waals surface area (Å²) in [5.74, 6) is -0.290. The first-order valence-corrected chi connectivity index (χ1v) is 5.62. The van der Waals surface area contributed by atoms with Gasteiger partial charge in [0.1, 0.15) is 0 Å². The molecule has 1 aromatic carbocycles. The van der Waals surface area contributed by atoms with Crippen LogP contribution in [-0.4, -0.2) is 21.3 Å². The van der Waals surface area contributed by atoms with Gasteiger partial charge in [0.2, 0.25) is 5.88 Å². The molecule has 1 aromatic heterocycles. The minimum atomic E-state index is -3.02. The second-order valence-electron chi connectivity index (χ2n) is 3.87. The Morgan fingerprint density at radius 2 is 2.26 bits per heavy atom. The van der Waals surface area contributed by atoms with Crippen LogP contribution in [-0.2, 0) is 6.54 Å². The van der Waals surface area contributed by atoms with Crippen molar-refractivity contribution in [3.63, 3.8) is 0 Å². The Labute approximate surface area is 106 Å². The second kappa shape index (κ2) is 5.17. The Morgan fingerprint density at radius 3 is 2.84 bits per heavy atom. The van der Waals surface area contributed by atoms with Crippen LogP contribution in [0.15, 0.2) is 18.2 Å². The van der Waals surface area contributed by atoms with Gasteiger partial charge in [0.15, 0.2) is 0 Å². The van der Waals surface area contributed by atoms with Crippen molar-refractivity contribution in [2.75, 3.05) is 0 Å². The van der Waals surface area contributed by atoms with Gasteiger partial charge in [-0.05, 0) is 12.5 Å². The van der Waals surface area contributed by atoms with Gasteiger partial charge >= 0.3 is 6.61 Å². The molecule has 0 radical (unpaired) electrons. The van der Waals surface area contributed by atoms with Crippen molar-refractivity contribution >= 4 is 16.6 Å². The molecule has 0 amide bonds. The molecular formula is C11H11F2N3O3. The number of benzene rings is 1. The number of ether oxygens (including phenoxy) is 1. The zero-order valence-corrected chi connectivity index (χ0v) is 10.0. The molecule has 6 nitrogen and oxygen atoms in total. The second-order valence-corrected chi connectivity index (χ2v) is 3.87. The summed E-state index contributed by atoms with van der Waals surface area (Å²) in [6.45, 7) is -0.597. The number of halogens is 2. The van der Waals surface area contributed by atoms with E-state index in [9.17, 15) is 18.9 Å². The van der Waals surface area contributed by atoms with Crippen LogP contribution < -0.4 is 4.74 Å². The van der Waals surface area contributed by atoms with E-state index < -0.39 is 11.5 Å². The Hall–Kier alpha value is -2.25. The summed E-state index contributed by atoms with van der Waals surface area (Å²) in [4.78, 5) is 10.1. The number of alkyl halides is 2. The average Bonchev–Trinajstić information content (AvgIpc) is 2.67. The fourth-order valence-corrected chi connectivity index (χ4v) is 1.81. The van der Waals surface area contributed by atoms with E-state index in [0.717, 1.165) is 6.42 Å². The van der Waals surface area contributed by atoms with Crippen molar-refractivity contribution in [1.82, 2.24) is 9.78 Å². The molecule has 0 unspecified atom stereocenters. The molecule has 0 spiro atoms. The fraction of sp³-hybridized carbons (Fsp3) is 0.364. The van der Waals surface area contributed by atoms with Crippen LogP contribution in [0.2, 0.25) is 0 Å². The number of rotatable bonds is 5. The number of nitro groups is 1. The lowest BCUT2D eigenvalue weighted by Gasteiger charge is -1.99. The predicted octanol–water partition coefficient (Wildman–Crippen LogP) is 2.96. The van der Waals surface area contributed by atoms with Crippen LogP contribution in [0.5, 0.6) is 5.88 Å². The molecule has 0 N–H and O–H groups in total. The smallest absolute Gasteiger partial charge is 0.388 e. The van der Waals surface area contributed by atoms with Gasteiger partial charge in [0, 0.05) is 18.7 Å². The third-order valence-corrected chi connectivity index (χ3v) is 2.55. The minimum absolute atomic E-state index is 0.192. The number of aromatic nitrogens is 2. The lowest BCUT2D eigenvalue weighted by atomic mass is 10.2. The summed E-state index contributed by atoms with van der Waals surface area (Å²) < 4.78 is 30.4. The van der Waals surface area contributed by atoms with E-state index in [-0.39, 0.29) is 17.0 Å². The molecule has 1 heterocycles. The molecule has 2 rings (SSSR count). The fourth-order valence-electron chi connectivity index (χ4n) is 1.81. The molecule has 0 saturated heterocycles. The summed E-state index contributed by atoms with van der Waals surface area (Å²) >= 11 is 0. The molecule has 0 aliphatic carbocycles. The minimum Gasteiger partial charge on any atom is -0.415 e. The van der Waals surface area contributed by atoms with E-state index in [4.69, 9.17) is 0 Å². The third-order valence-electron chi connectivity index (χ3n) is 2.55. The maximum atomic E-state index is 12.3. The van der Waals surface area contributed by atoms with Gasteiger partial charge in [0.25, 0.3) is 5.69 Å².